The normalized spacial score (nSPS) is 11.2. The minimum Gasteiger partial charge on any atom is -0.306 e. The van der Waals surface area contributed by atoms with Crippen molar-refractivity contribution in [3.05, 3.63) is 103 Å². The van der Waals surface area contributed by atoms with Gasteiger partial charge in [-0.3, -0.25) is 4.79 Å². The molecule has 0 spiro atoms. The van der Waals surface area contributed by atoms with Gasteiger partial charge in [-0.05, 0) is 35.9 Å². The number of rotatable bonds is 4. The molecule has 0 unspecified atom stereocenters. The third kappa shape index (κ3) is 3.29. The van der Waals surface area contributed by atoms with Crippen molar-refractivity contribution in [3.8, 4) is 11.5 Å². The van der Waals surface area contributed by atoms with Gasteiger partial charge >= 0.3 is 0 Å². The topological polar surface area (TPSA) is 90.5 Å². The fourth-order valence-electron chi connectivity index (χ4n) is 4.12. The first kappa shape index (κ1) is 19.8. The van der Waals surface area contributed by atoms with Gasteiger partial charge in [0.15, 0.2) is 11.5 Å². The van der Waals surface area contributed by atoms with Gasteiger partial charge in [0, 0.05) is 11.6 Å². The van der Waals surface area contributed by atoms with Gasteiger partial charge in [-0.15, -0.1) is 0 Å². The molecule has 0 aliphatic rings. The van der Waals surface area contributed by atoms with Gasteiger partial charge < -0.3 is 5.32 Å². The number of aromatic nitrogens is 6. The average molecular weight is 445 g/mol. The lowest BCUT2D eigenvalue weighted by atomic mass is 10.0. The Balaban J connectivity index is 1.43. The van der Waals surface area contributed by atoms with E-state index in [9.17, 15) is 4.79 Å². The number of aryl methyl sites for hydroxylation is 1. The van der Waals surface area contributed by atoms with Crippen molar-refractivity contribution in [3.63, 3.8) is 0 Å². The molecule has 3 aromatic heterocycles. The Bertz CT molecular complexity index is 1660. The highest BCUT2D eigenvalue weighted by Gasteiger charge is 2.19. The Morgan fingerprint density at radius 3 is 2.53 bits per heavy atom. The summed E-state index contributed by atoms with van der Waals surface area (Å²) in [4.78, 5) is 22.2. The number of para-hydroxylation sites is 1. The smallest absolute Gasteiger partial charge is 0.257 e. The first-order chi connectivity index (χ1) is 16.7. The number of nitrogens with zero attached hydrogens (tertiary/aromatic N) is 6. The van der Waals surface area contributed by atoms with Crippen LogP contribution in [-0.2, 0) is 0 Å². The molecule has 164 valence electrons. The van der Waals surface area contributed by atoms with Gasteiger partial charge in [0.05, 0.1) is 23.0 Å². The highest BCUT2D eigenvalue weighted by Crippen LogP contribution is 2.25. The van der Waals surface area contributed by atoms with Crippen LogP contribution >= 0.6 is 0 Å². The monoisotopic (exact) mass is 445 g/mol. The van der Waals surface area contributed by atoms with E-state index < -0.39 is 0 Å². The molecule has 0 saturated carbocycles. The Kier molecular flexibility index (Phi) is 4.62. The average Bonchev–Trinajstić information content (AvgIpc) is 3.47. The Hall–Kier alpha value is -4.85. The second-order valence-corrected chi connectivity index (χ2v) is 7.89. The van der Waals surface area contributed by atoms with Gasteiger partial charge in [0.1, 0.15) is 12.1 Å². The summed E-state index contributed by atoms with van der Waals surface area (Å²) in [7, 11) is 0. The molecule has 0 bridgehead atoms. The van der Waals surface area contributed by atoms with Crippen LogP contribution in [0.1, 0.15) is 16.1 Å². The van der Waals surface area contributed by atoms with Gasteiger partial charge in [0.2, 0.25) is 0 Å². The van der Waals surface area contributed by atoms with Crippen molar-refractivity contribution in [1.29, 1.82) is 0 Å². The largest absolute Gasteiger partial charge is 0.306 e. The number of hydrogen-bond donors (Lipinski definition) is 1. The Morgan fingerprint density at radius 1 is 0.853 bits per heavy atom. The van der Waals surface area contributed by atoms with E-state index in [0.29, 0.717) is 22.8 Å². The van der Waals surface area contributed by atoms with Gasteiger partial charge in [-0.25, -0.2) is 14.6 Å². The minimum atomic E-state index is -0.219. The number of carbonyl (C=O) groups is 1. The molecule has 1 N–H and O–H groups in total. The molecule has 3 aromatic carbocycles. The molecule has 0 aliphatic carbocycles. The van der Waals surface area contributed by atoms with Gasteiger partial charge in [0.25, 0.3) is 5.91 Å². The quantitative estimate of drug-likeness (QED) is 0.424. The van der Waals surface area contributed by atoms with Crippen molar-refractivity contribution in [2.75, 3.05) is 5.32 Å². The van der Waals surface area contributed by atoms with Crippen LogP contribution in [0.25, 0.3) is 33.3 Å². The molecule has 8 nitrogen and oxygen atoms in total. The summed E-state index contributed by atoms with van der Waals surface area (Å²) >= 11 is 0. The maximum atomic E-state index is 13.3. The van der Waals surface area contributed by atoms with E-state index in [1.165, 1.54) is 6.33 Å². The summed E-state index contributed by atoms with van der Waals surface area (Å²) in [6.45, 7) is 1.87. The van der Waals surface area contributed by atoms with E-state index in [1.54, 1.807) is 15.6 Å². The molecule has 0 atom stereocenters. The summed E-state index contributed by atoms with van der Waals surface area (Å²) in [6.07, 6.45) is 3.19. The van der Waals surface area contributed by atoms with Crippen LogP contribution in [0.4, 0.5) is 5.82 Å². The molecule has 6 aromatic rings. The highest BCUT2D eigenvalue weighted by atomic mass is 16.1. The zero-order valence-corrected chi connectivity index (χ0v) is 18.3. The Morgan fingerprint density at radius 2 is 1.65 bits per heavy atom. The van der Waals surface area contributed by atoms with Crippen LogP contribution in [0.5, 0.6) is 0 Å². The zero-order valence-electron chi connectivity index (χ0n) is 18.3. The van der Waals surface area contributed by atoms with Gasteiger partial charge in [-0.2, -0.15) is 14.9 Å². The summed E-state index contributed by atoms with van der Waals surface area (Å²) in [5.74, 6) is 0.833. The standard InChI is InChI=1S/C26H19N7O/c1-17-14-23(30-26(34)21-13-7-9-18-8-5-6-12-20(18)21)33(31-17)25-22-15-29-32(24(22)27-16-28-25)19-10-3-2-4-11-19/h2-16H,1H3,(H,30,34). The van der Waals surface area contributed by atoms with E-state index in [0.717, 1.165) is 27.5 Å². The van der Waals surface area contributed by atoms with Crippen molar-refractivity contribution in [1.82, 2.24) is 29.5 Å². The molecule has 0 saturated heterocycles. The number of hydrogen-bond acceptors (Lipinski definition) is 5. The van der Waals surface area contributed by atoms with Crippen molar-refractivity contribution >= 4 is 33.5 Å². The SMILES string of the molecule is Cc1cc(NC(=O)c2cccc3ccccc23)n(-c2ncnc3c2cnn3-c2ccccc2)n1. The molecular weight excluding hydrogens is 426 g/mol. The molecule has 1 amide bonds. The van der Waals surface area contributed by atoms with E-state index in [4.69, 9.17) is 0 Å². The van der Waals surface area contributed by atoms with Crippen molar-refractivity contribution in [2.24, 2.45) is 0 Å². The second-order valence-electron chi connectivity index (χ2n) is 7.89. The molecule has 34 heavy (non-hydrogen) atoms. The minimum absolute atomic E-state index is 0.219. The molecule has 0 fully saturated rings. The first-order valence-electron chi connectivity index (χ1n) is 10.8. The molecule has 6 rings (SSSR count). The van der Waals surface area contributed by atoms with E-state index in [2.05, 4.69) is 25.5 Å². The summed E-state index contributed by atoms with van der Waals surface area (Å²) < 4.78 is 3.38. The number of nitrogens with one attached hydrogen (secondary N) is 1. The maximum absolute atomic E-state index is 13.3. The number of benzene rings is 3. The van der Waals surface area contributed by atoms with Crippen LogP contribution < -0.4 is 5.32 Å². The number of carbonyl (C=O) groups excluding carboxylic acids is 1. The Labute approximate surface area is 194 Å². The third-order valence-electron chi connectivity index (χ3n) is 5.65. The van der Waals surface area contributed by atoms with Crippen LogP contribution in [0.15, 0.2) is 91.4 Å². The lowest BCUT2D eigenvalue weighted by Crippen LogP contribution is -2.16. The number of anilines is 1. The first-order valence-corrected chi connectivity index (χ1v) is 10.8. The lowest BCUT2D eigenvalue weighted by Gasteiger charge is -2.10. The summed E-state index contributed by atoms with van der Waals surface area (Å²) in [6, 6.07) is 25.1. The zero-order chi connectivity index (χ0) is 23.1. The fourth-order valence-corrected chi connectivity index (χ4v) is 4.12. The second kappa shape index (κ2) is 7.93. The van der Waals surface area contributed by atoms with E-state index in [1.807, 2.05) is 85.8 Å². The molecular formula is C26H19N7O. The third-order valence-corrected chi connectivity index (χ3v) is 5.65. The lowest BCUT2D eigenvalue weighted by molar-refractivity contribution is 0.102. The molecule has 3 heterocycles. The predicted octanol–water partition coefficient (Wildman–Crippen LogP) is 4.72. The van der Waals surface area contributed by atoms with Crippen LogP contribution in [-0.4, -0.2) is 35.4 Å². The summed E-state index contributed by atoms with van der Waals surface area (Å²) in [5.41, 5.74) is 2.88. The number of fused-ring (bicyclic) bond motifs is 2. The molecule has 0 radical (unpaired) electrons. The predicted molar refractivity (Wildman–Crippen MR) is 130 cm³/mol. The van der Waals surface area contributed by atoms with Crippen LogP contribution in [0.3, 0.4) is 0 Å². The molecule has 8 heteroatoms. The van der Waals surface area contributed by atoms with Crippen LogP contribution in [0.2, 0.25) is 0 Å². The van der Waals surface area contributed by atoms with Crippen LogP contribution in [0, 0.1) is 6.92 Å². The highest BCUT2D eigenvalue weighted by molar-refractivity contribution is 6.12. The van der Waals surface area contributed by atoms with Crippen molar-refractivity contribution < 1.29 is 4.79 Å². The maximum Gasteiger partial charge on any atom is 0.257 e. The number of amides is 1. The van der Waals surface area contributed by atoms with Gasteiger partial charge in [-0.1, -0.05) is 54.6 Å². The van der Waals surface area contributed by atoms with E-state index in [-0.39, 0.29) is 5.91 Å². The fraction of sp³-hybridized carbons (Fsp3) is 0.0385. The van der Waals surface area contributed by atoms with E-state index >= 15 is 0 Å². The summed E-state index contributed by atoms with van der Waals surface area (Å²) in [5, 5.41) is 14.7. The van der Waals surface area contributed by atoms with Crippen molar-refractivity contribution in [2.45, 2.75) is 6.92 Å². The molecule has 0 aliphatic heterocycles.